The van der Waals surface area contributed by atoms with Crippen molar-refractivity contribution >= 4 is 15.9 Å². The molecule has 0 unspecified atom stereocenters. The number of hydrogen-bond acceptors (Lipinski definition) is 3. The minimum Gasteiger partial charge on any atom is -0.274 e. The number of rotatable bonds is 5. The maximum atomic E-state index is 11.7. The van der Waals surface area contributed by atoms with Crippen LogP contribution in [-0.4, -0.2) is 19.6 Å². The first-order valence-corrected chi connectivity index (χ1v) is 7.02. The summed E-state index contributed by atoms with van der Waals surface area (Å²) in [5, 5.41) is -0.449. The van der Waals surface area contributed by atoms with Crippen molar-refractivity contribution in [3.63, 3.8) is 0 Å². The molecule has 0 radical (unpaired) electrons. The first kappa shape index (κ1) is 12.5. The summed E-state index contributed by atoms with van der Waals surface area (Å²) >= 11 is 0. The lowest BCUT2D eigenvalue weighted by molar-refractivity contribution is -0.120. The van der Waals surface area contributed by atoms with Crippen LogP contribution in [0, 0.1) is 11.8 Å². The molecule has 0 aliphatic heterocycles. The largest absolute Gasteiger partial charge is 0.274 e. The first-order chi connectivity index (χ1) is 6.92. The summed E-state index contributed by atoms with van der Waals surface area (Å²) in [7, 11) is -3.45. The molecule has 1 rings (SSSR count). The minimum atomic E-state index is -3.45. The normalized spacial score (nSPS) is 25.3. The molecule has 1 fully saturated rings. The molecule has 0 saturated heterocycles. The SMILES string of the molecule is CCC(CC)S(=O)(=O)NC(=O)[C@H]1C[C@@H]1C. The molecule has 88 valence electrons. The summed E-state index contributed by atoms with van der Waals surface area (Å²) in [6, 6.07) is 0. The number of amides is 1. The summed E-state index contributed by atoms with van der Waals surface area (Å²) in [5.74, 6) is -0.0783. The van der Waals surface area contributed by atoms with Gasteiger partial charge in [-0.25, -0.2) is 8.42 Å². The highest BCUT2D eigenvalue weighted by molar-refractivity contribution is 7.90. The molecule has 4 nitrogen and oxygen atoms in total. The van der Waals surface area contributed by atoms with Crippen molar-refractivity contribution < 1.29 is 13.2 Å². The molecular formula is C10H19NO3S. The molecule has 1 aliphatic rings. The highest BCUT2D eigenvalue weighted by atomic mass is 32.2. The van der Waals surface area contributed by atoms with Crippen LogP contribution < -0.4 is 4.72 Å². The Morgan fingerprint density at radius 2 is 1.87 bits per heavy atom. The van der Waals surface area contributed by atoms with E-state index in [0.717, 1.165) is 6.42 Å². The van der Waals surface area contributed by atoms with Gasteiger partial charge in [-0.05, 0) is 25.2 Å². The van der Waals surface area contributed by atoms with E-state index in [1.54, 1.807) is 0 Å². The zero-order valence-electron chi connectivity index (χ0n) is 9.49. The summed E-state index contributed by atoms with van der Waals surface area (Å²) < 4.78 is 25.6. The fraction of sp³-hybridized carbons (Fsp3) is 0.900. The lowest BCUT2D eigenvalue weighted by Crippen LogP contribution is -2.38. The summed E-state index contributed by atoms with van der Waals surface area (Å²) in [6.07, 6.45) is 1.89. The average Bonchev–Trinajstić information content (AvgIpc) is 2.83. The van der Waals surface area contributed by atoms with Crippen molar-refractivity contribution in [2.75, 3.05) is 0 Å². The molecule has 0 aromatic carbocycles. The number of sulfonamides is 1. The van der Waals surface area contributed by atoms with Gasteiger partial charge < -0.3 is 0 Å². The van der Waals surface area contributed by atoms with Gasteiger partial charge in [-0.1, -0.05) is 20.8 Å². The highest BCUT2D eigenvalue weighted by Crippen LogP contribution is 2.37. The molecule has 0 heterocycles. The quantitative estimate of drug-likeness (QED) is 0.778. The average molecular weight is 233 g/mol. The Balaban J connectivity index is 2.59. The topological polar surface area (TPSA) is 63.2 Å². The van der Waals surface area contributed by atoms with Crippen LogP contribution in [0.3, 0.4) is 0 Å². The molecule has 1 aliphatic carbocycles. The molecule has 2 atom stereocenters. The molecule has 15 heavy (non-hydrogen) atoms. The van der Waals surface area contributed by atoms with E-state index in [0.29, 0.717) is 18.8 Å². The van der Waals surface area contributed by atoms with E-state index in [1.165, 1.54) is 0 Å². The van der Waals surface area contributed by atoms with Crippen LogP contribution in [0.15, 0.2) is 0 Å². The Hall–Kier alpha value is -0.580. The van der Waals surface area contributed by atoms with Crippen molar-refractivity contribution in [3.05, 3.63) is 0 Å². The van der Waals surface area contributed by atoms with Crippen molar-refractivity contribution in [2.45, 2.75) is 45.3 Å². The zero-order valence-corrected chi connectivity index (χ0v) is 10.3. The molecule has 0 aromatic heterocycles. The Morgan fingerprint density at radius 3 is 2.20 bits per heavy atom. The second-order valence-electron chi connectivity index (χ2n) is 4.27. The molecule has 0 aromatic rings. The van der Waals surface area contributed by atoms with Crippen LogP contribution in [0.2, 0.25) is 0 Å². The molecule has 0 bridgehead atoms. The predicted molar refractivity (Wildman–Crippen MR) is 58.7 cm³/mol. The minimum absolute atomic E-state index is 0.0888. The van der Waals surface area contributed by atoms with Crippen LogP contribution >= 0.6 is 0 Å². The highest BCUT2D eigenvalue weighted by Gasteiger charge is 2.41. The van der Waals surface area contributed by atoms with Crippen molar-refractivity contribution in [1.29, 1.82) is 0 Å². The monoisotopic (exact) mass is 233 g/mol. The number of nitrogens with one attached hydrogen (secondary N) is 1. The lowest BCUT2D eigenvalue weighted by Gasteiger charge is -2.14. The summed E-state index contributed by atoms with van der Waals surface area (Å²) in [4.78, 5) is 11.5. The Labute approximate surface area is 91.5 Å². The third-order valence-electron chi connectivity index (χ3n) is 3.04. The van der Waals surface area contributed by atoms with Crippen molar-refractivity contribution in [1.82, 2.24) is 4.72 Å². The summed E-state index contributed by atoms with van der Waals surface area (Å²) in [5.41, 5.74) is 0. The van der Waals surface area contributed by atoms with Gasteiger partial charge in [-0.15, -0.1) is 0 Å². The third-order valence-corrected chi connectivity index (χ3v) is 5.07. The van der Waals surface area contributed by atoms with Crippen LogP contribution in [0.1, 0.15) is 40.0 Å². The predicted octanol–water partition coefficient (Wildman–Crippen LogP) is 1.28. The molecule has 1 amide bonds. The molecular weight excluding hydrogens is 214 g/mol. The third kappa shape index (κ3) is 2.93. The molecule has 1 saturated carbocycles. The van der Waals surface area contributed by atoms with Gasteiger partial charge in [-0.2, -0.15) is 0 Å². The summed E-state index contributed by atoms with van der Waals surface area (Å²) in [6.45, 7) is 5.59. The van der Waals surface area contributed by atoms with Crippen LogP contribution in [0.5, 0.6) is 0 Å². The van der Waals surface area contributed by atoms with Gasteiger partial charge in [0.15, 0.2) is 0 Å². The smallest absolute Gasteiger partial charge is 0.237 e. The van der Waals surface area contributed by atoms with E-state index in [1.807, 2.05) is 20.8 Å². The van der Waals surface area contributed by atoms with Gasteiger partial charge in [0.1, 0.15) is 0 Å². The molecule has 0 spiro atoms. The van der Waals surface area contributed by atoms with Gasteiger partial charge in [0, 0.05) is 5.92 Å². The van der Waals surface area contributed by atoms with E-state index >= 15 is 0 Å². The standard InChI is InChI=1S/C10H19NO3S/c1-4-8(5-2)15(13,14)11-10(12)9-6-7(9)3/h7-9H,4-6H2,1-3H3,(H,11,12)/t7-,9-/m0/s1. The van der Waals surface area contributed by atoms with Crippen molar-refractivity contribution in [2.24, 2.45) is 11.8 Å². The fourth-order valence-electron chi connectivity index (χ4n) is 1.71. The first-order valence-electron chi connectivity index (χ1n) is 5.47. The second-order valence-corrected chi connectivity index (χ2v) is 6.23. The maximum absolute atomic E-state index is 11.7. The maximum Gasteiger partial charge on any atom is 0.237 e. The number of hydrogen-bond donors (Lipinski definition) is 1. The lowest BCUT2D eigenvalue weighted by atomic mass is 10.3. The van der Waals surface area contributed by atoms with Crippen LogP contribution in [-0.2, 0) is 14.8 Å². The zero-order chi connectivity index (χ0) is 11.6. The van der Waals surface area contributed by atoms with Gasteiger partial charge in [0.05, 0.1) is 5.25 Å². The number of carbonyl (C=O) groups is 1. The van der Waals surface area contributed by atoms with Gasteiger partial charge in [0.25, 0.3) is 0 Å². The van der Waals surface area contributed by atoms with Gasteiger partial charge >= 0.3 is 0 Å². The van der Waals surface area contributed by atoms with E-state index in [-0.39, 0.29) is 11.8 Å². The Bertz CT molecular complexity index is 333. The van der Waals surface area contributed by atoms with Crippen LogP contribution in [0.4, 0.5) is 0 Å². The molecule has 1 N–H and O–H groups in total. The molecule has 5 heteroatoms. The van der Waals surface area contributed by atoms with Crippen molar-refractivity contribution in [3.8, 4) is 0 Å². The fourth-order valence-corrected chi connectivity index (χ4v) is 3.19. The van der Waals surface area contributed by atoms with E-state index in [4.69, 9.17) is 0 Å². The number of carbonyl (C=O) groups excluding carboxylic acids is 1. The van der Waals surface area contributed by atoms with E-state index in [9.17, 15) is 13.2 Å². The van der Waals surface area contributed by atoms with E-state index in [2.05, 4.69) is 4.72 Å². The Kier molecular flexibility index (Phi) is 3.76. The van der Waals surface area contributed by atoms with E-state index < -0.39 is 15.3 Å². The van der Waals surface area contributed by atoms with Gasteiger partial charge in [-0.3, -0.25) is 9.52 Å². The van der Waals surface area contributed by atoms with Gasteiger partial charge in [0.2, 0.25) is 15.9 Å². The second kappa shape index (κ2) is 4.51. The Morgan fingerprint density at radius 1 is 1.40 bits per heavy atom. The van der Waals surface area contributed by atoms with Crippen LogP contribution in [0.25, 0.3) is 0 Å².